The third-order valence-corrected chi connectivity index (χ3v) is 3.81. The quantitative estimate of drug-likeness (QED) is 0.854. The van der Waals surface area contributed by atoms with Crippen LogP contribution in [0.1, 0.15) is 20.1 Å². The molecule has 1 aromatic heterocycles. The molecular weight excluding hydrogens is 311 g/mol. The van der Waals surface area contributed by atoms with Crippen molar-refractivity contribution in [3.63, 3.8) is 0 Å². The molecular formula is C15H12ClFN2OS. The van der Waals surface area contributed by atoms with Crippen LogP contribution < -0.4 is 11.1 Å². The molecule has 0 fully saturated rings. The van der Waals surface area contributed by atoms with Gasteiger partial charge in [-0.15, -0.1) is 11.3 Å². The molecule has 0 aliphatic heterocycles. The minimum Gasteiger partial charge on any atom is -0.347 e. The van der Waals surface area contributed by atoms with E-state index < -0.39 is 11.7 Å². The highest BCUT2D eigenvalue weighted by molar-refractivity contribution is 7.12. The van der Waals surface area contributed by atoms with Crippen LogP contribution in [0, 0.1) is 17.7 Å². The van der Waals surface area contributed by atoms with Crippen LogP contribution in [0.3, 0.4) is 0 Å². The van der Waals surface area contributed by atoms with E-state index in [2.05, 4.69) is 17.2 Å². The minimum absolute atomic E-state index is 0.0674. The normalized spacial score (nSPS) is 9.86. The van der Waals surface area contributed by atoms with Crippen molar-refractivity contribution >= 4 is 28.8 Å². The Balaban J connectivity index is 2.01. The number of nitrogens with two attached hydrogens (primary N) is 1. The van der Waals surface area contributed by atoms with Gasteiger partial charge < -0.3 is 11.1 Å². The van der Waals surface area contributed by atoms with E-state index in [1.54, 1.807) is 0 Å². The molecule has 0 aliphatic rings. The number of carbonyl (C=O) groups excluding carboxylic acids is 1. The molecule has 0 saturated heterocycles. The summed E-state index contributed by atoms with van der Waals surface area (Å²) in [6.07, 6.45) is 0. The van der Waals surface area contributed by atoms with Gasteiger partial charge in [0, 0.05) is 9.90 Å². The molecule has 0 atom stereocenters. The molecule has 108 valence electrons. The van der Waals surface area contributed by atoms with Crippen LogP contribution in [0.2, 0.25) is 5.02 Å². The fourth-order valence-corrected chi connectivity index (χ4v) is 2.61. The van der Waals surface area contributed by atoms with Gasteiger partial charge >= 0.3 is 0 Å². The van der Waals surface area contributed by atoms with Crippen LogP contribution in [0.25, 0.3) is 0 Å². The van der Waals surface area contributed by atoms with Crippen molar-refractivity contribution in [2.45, 2.75) is 6.54 Å². The summed E-state index contributed by atoms with van der Waals surface area (Å²) < 4.78 is 13.5. The molecule has 2 rings (SSSR count). The Labute approximate surface area is 130 Å². The van der Waals surface area contributed by atoms with Gasteiger partial charge in [0.15, 0.2) is 0 Å². The first-order chi connectivity index (χ1) is 10.1. The van der Waals surface area contributed by atoms with Crippen LogP contribution >= 0.6 is 22.9 Å². The number of hydrogen-bond donors (Lipinski definition) is 2. The molecule has 1 heterocycles. The van der Waals surface area contributed by atoms with Gasteiger partial charge in [0.25, 0.3) is 5.91 Å². The second-order valence-electron chi connectivity index (χ2n) is 4.08. The maximum atomic E-state index is 13.5. The predicted octanol–water partition coefficient (Wildman–Crippen LogP) is 2.78. The van der Waals surface area contributed by atoms with E-state index in [-0.39, 0.29) is 5.56 Å². The summed E-state index contributed by atoms with van der Waals surface area (Å²) in [5.74, 6) is 4.57. The fraction of sp³-hybridized carbons (Fsp3) is 0.133. The molecule has 3 N–H and O–H groups in total. The standard InChI is InChI=1S/C15H12ClFN2OS/c16-10-3-6-14(17)13(8-10)15(20)19-9-12-5-4-11(21-12)2-1-7-18/h3-6,8H,7,9,18H2,(H,19,20). The highest BCUT2D eigenvalue weighted by Gasteiger charge is 2.12. The molecule has 1 aromatic carbocycles. The molecule has 6 heteroatoms. The van der Waals surface area contributed by atoms with Crippen molar-refractivity contribution < 1.29 is 9.18 Å². The number of carbonyl (C=O) groups is 1. The first-order valence-corrected chi connectivity index (χ1v) is 7.30. The molecule has 0 spiro atoms. The first kappa shape index (κ1) is 15.5. The first-order valence-electron chi connectivity index (χ1n) is 6.11. The molecule has 0 radical (unpaired) electrons. The zero-order chi connectivity index (χ0) is 15.2. The second-order valence-corrected chi connectivity index (χ2v) is 5.68. The van der Waals surface area contributed by atoms with E-state index in [1.807, 2.05) is 12.1 Å². The van der Waals surface area contributed by atoms with Gasteiger partial charge in [-0.2, -0.15) is 0 Å². The van der Waals surface area contributed by atoms with Crippen LogP contribution in [-0.4, -0.2) is 12.5 Å². The number of halogens is 2. The van der Waals surface area contributed by atoms with E-state index in [0.29, 0.717) is 18.1 Å². The van der Waals surface area contributed by atoms with Crippen LogP contribution in [0.15, 0.2) is 30.3 Å². The third kappa shape index (κ3) is 4.30. The van der Waals surface area contributed by atoms with E-state index in [0.717, 1.165) is 9.75 Å². The molecule has 2 aromatic rings. The lowest BCUT2D eigenvalue weighted by atomic mass is 10.2. The van der Waals surface area contributed by atoms with Gasteiger partial charge in [-0.1, -0.05) is 23.4 Å². The predicted molar refractivity (Wildman–Crippen MR) is 82.8 cm³/mol. The molecule has 0 aliphatic carbocycles. The largest absolute Gasteiger partial charge is 0.347 e. The lowest BCUT2D eigenvalue weighted by Crippen LogP contribution is -2.23. The second kappa shape index (κ2) is 7.23. The number of nitrogens with one attached hydrogen (secondary N) is 1. The lowest BCUT2D eigenvalue weighted by Gasteiger charge is -2.05. The van der Waals surface area contributed by atoms with Gasteiger partial charge in [0.05, 0.1) is 23.5 Å². The van der Waals surface area contributed by atoms with Crippen molar-refractivity contribution in [1.82, 2.24) is 5.32 Å². The Hall–Kier alpha value is -1.87. The number of thiophene rings is 1. The van der Waals surface area contributed by atoms with Gasteiger partial charge in [-0.25, -0.2) is 4.39 Å². The summed E-state index contributed by atoms with van der Waals surface area (Å²) in [4.78, 5) is 13.7. The van der Waals surface area contributed by atoms with Crippen molar-refractivity contribution in [2.24, 2.45) is 5.73 Å². The van der Waals surface area contributed by atoms with Crippen molar-refractivity contribution in [2.75, 3.05) is 6.54 Å². The van der Waals surface area contributed by atoms with Crippen molar-refractivity contribution in [3.05, 3.63) is 56.5 Å². The van der Waals surface area contributed by atoms with Crippen LogP contribution in [0.5, 0.6) is 0 Å². The topological polar surface area (TPSA) is 55.1 Å². The van der Waals surface area contributed by atoms with Crippen LogP contribution in [-0.2, 0) is 6.54 Å². The molecule has 0 bridgehead atoms. The Bertz CT molecular complexity index is 718. The van der Waals surface area contributed by atoms with Crippen molar-refractivity contribution in [3.8, 4) is 11.8 Å². The van der Waals surface area contributed by atoms with E-state index >= 15 is 0 Å². The Morgan fingerprint density at radius 2 is 2.19 bits per heavy atom. The summed E-state index contributed by atoms with van der Waals surface area (Å²) in [7, 11) is 0. The monoisotopic (exact) mass is 322 g/mol. The van der Waals surface area contributed by atoms with E-state index in [4.69, 9.17) is 17.3 Å². The lowest BCUT2D eigenvalue weighted by molar-refractivity contribution is 0.0947. The zero-order valence-corrected chi connectivity index (χ0v) is 12.5. The van der Waals surface area contributed by atoms with E-state index in [1.165, 1.54) is 29.5 Å². The number of amides is 1. The SMILES string of the molecule is NCC#Cc1ccc(CNC(=O)c2cc(Cl)ccc2F)s1. The molecule has 3 nitrogen and oxygen atoms in total. The highest BCUT2D eigenvalue weighted by atomic mass is 35.5. The Morgan fingerprint density at radius 1 is 1.38 bits per heavy atom. The molecule has 0 saturated carbocycles. The Morgan fingerprint density at radius 3 is 2.95 bits per heavy atom. The molecule has 0 unspecified atom stereocenters. The van der Waals surface area contributed by atoms with Crippen molar-refractivity contribution in [1.29, 1.82) is 0 Å². The zero-order valence-electron chi connectivity index (χ0n) is 11.0. The van der Waals surface area contributed by atoms with Gasteiger partial charge in [0.1, 0.15) is 5.82 Å². The number of rotatable bonds is 3. The summed E-state index contributed by atoms with van der Waals surface area (Å²) in [5.41, 5.74) is 5.23. The minimum atomic E-state index is -0.599. The maximum absolute atomic E-state index is 13.5. The number of benzene rings is 1. The van der Waals surface area contributed by atoms with Crippen LogP contribution in [0.4, 0.5) is 4.39 Å². The summed E-state index contributed by atoms with van der Waals surface area (Å²) in [6, 6.07) is 7.59. The van der Waals surface area contributed by atoms with E-state index in [9.17, 15) is 9.18 Å². The average molecular weight is 323 g/mol. The smallest absolute Gasteiger partial charge is 0.254 e. The van der Waals surface area contributed by atoms with Gasteiger partial charge in [0.2, 0.25) is 0 Å². The Kier molecular flexibility index (Phi) is 5.34. The number of hydrogen-bond acceptors (Lipinski definition) is 3. The highest BCUT2D eigenvalue weighted by Crippen LogP contribution is 2.17. The molecule has 21 heavy (non-hydrogen) atoms. The summed E-state index contributed by atoms with van der Waals surface area (Å²) in [5, 5.41) is 2.97. The molecule has 1 amide bonds. The van der Waals surface area contributed by atoms with Gasteiger partial charge in [-0.05, 0) is 30.3 Å². The average Bonchev–Trinajstić information content (AvgIpc) is 2.93. The van der Waals surface area contributed by atoms with Gasteiger partial charge in [-0.3, -0.25) is 4.79 Å². The summed E-state index contributed by atoms with van der Waals surface area (Å²) >= 11 is 7.21. The fourth-order valence-electron chi connectivity index (χ4n) is 1.61. The maximum Gasteiger partial charge on any atom is 0.254 e. The third-order valence-electron chi connectivity index (χ3n) is 2.57. The summed E-state index contributed by atoms with van der Waals surface area (Å²) in [6.45, 7) is 0.609.